The quantitative estimate of drug-likeness (QED) is 0.842. The third-order valence-corrected chi connectivity index (χ3v) is 4.91. The molecule has 0 unspecified atom stereocenters. The normalized spacial score (nSPS) is 22.6. The SMILES string of the molecule is CN(C1CC1)C1(C#N)CCN(Cc2ccccc2)CC1. The lowest BCUT2D eigenvalue weighted by Gasteiger charge is -2.43. The van der Waals surface area contributed by atoms with Gasteiger partial charge in [-0.1, -0.05) is 30.3 Å². The van der Waals surface area contributed by atoms with Gasteiger partial charge >= 0.3 is 0 Å². The first-order chi connectivity index (χ1) is 9.73. The average Bonchev–Trinajstić information content (AvgIpc) is 3.33. The van der Waals surface area contributed by atoms with Crippen LogP contribution in [0.1, 0.15) is 31.2 Å². The zero-order chi connectivity index (χ0) is 14.0. The summed E-state index contributed by atoms with van der Waals surface area (Å²) in [7, 11) is 2.15. The van der Waals surface area contributed by atoms with Gasteiger partial charge in [-0.2, -0.15) is 5.26 Å². The molecule has 0 aromatic heterocycles. The van der Waals surface area contributed by atoms with Crippen molar-refractivity contribution < 1.29 is 0 Å². The monoisotopic (exact) mass is 269 g/mol. The summed E-state index contributed by atoms with van der Waals surface area (Å²) in [6, 6.07) is 13.9. The van der Waals surface area contributed by atoms with Gasteiger partial charge in [-0.05, 0) is 38.3 Å². The third kappa shape index (κ3) is 2.72. The summed E-state index contributed by atoms with van der Waals surface area (Å²) in [4.78, 5) is 4.83. The molecule has 2 aliphatic rings. The van der Waals surface area contributed by atoms with Crippen LogP contribution >= 0.6 is 0 Å². The molecule has 0 atom stereocenters. The van der Waals surface area contributed by atoms with Gasteiger partial charge in [0.1, 0.15) is 5.54 Å². The van der Waals surface area contributed by atoms with Gasteiger partial charge in [0.25, 0.3) is 0 Å². The molecule has 0 radical (unpaired) electrons. The van der Waals surface area contributed by atoms with E-state index in [-0.39, 0.29) is 5.54 Å². The molecule has 2 fully saturated rings. The molecular weight excluding hydrogens is 246 g/mol. The van der Waals surface area contributed by atoms with Crippen molar-refractivity contribution in [2.75, 3.05) is 20.1 Å². The molecule has 0 N–H and O–H groups in total. The lowest BCUT2D eigenvalue weighted by atomic mass is 9.87. The van der Waals surface area contributed by atoms with E-state index >= 15 is 0 Å². The minimum atomic E-state index is -0.214. The molecule has 0 amide bonds. The second-order valence-corrected chi connectivity index (χ2v) is 6.25. The maximum absolute atomic E-state index is 9.65. The van der Waals surface area contributed by atoms with Crippen LogP contribution in [-0.2, 0) is 6.54 Å². The lowest BCUT2D eigenvalue weighted by Crippen LogP contribution is -2.53. The van der Waals surface area contributed by atoms with Crippen LogP contribution in [0.4, 0.5) is 0 Å². The summed E-state index contributed by atoms with van der Waals surface area (Å²) < 4.78 is 0. The summed E-state index contributed by atoms with van der Waals surface area (Å²) in [5, 5.41) is 9.65. The molecule has 1 saturated carbocycles. The first-order valence-electron chi connectivity index (χ1n) is 7.64. The Kier molecular flexibility index (Phi) is 3.78. The van der Waals surface area contributed by atoms with Crippen LogP contribution in [0.25, 0.3) is 0 Å². The average molecular weight is 269 g/mol. The van der Waals surface area contributed by atoms with Crippen molar-refractivity contribution in [1.82, 2.24) is 9.80 Å². The maximum Gasteiger partial charge on any atom is 0.111 e. The minimum Gasteiger partial charge on any atom is -0.299 e. The molecule has 20 heavy (non-hydrogen) atoms. The third-order valence-electron chi connectivity index (χ3n) is 4.91. The number of hydrogen-bond acceptors (Lipinski definition) is 3. The van der Waals surface area contributed by atoms with Gasteiger partial charge < -0.3 is 0 Å². The molecule has 106 valence electrons. The molecule has 1 saturated heterocycles. The van der Waals surface area contributed by atoms with E-state index in [1.807, 2.05) is 0 Å². The van der Waals surface area contributed by atoms with Crippen LogP contribution in [0.2, 0.25) is 0 Å². The molecule has 1 heterocycles. The van der Waals surface area contributed by atoms with Gasteiger partial charge in [-0.3, -0.25) is 9.80 Å². The Morgan fingerprint density at radius 3 is 2.45 bits per heavy atom. The number of nitrogens with zero attached hydrogens (tertiary/aromatic N) is 3. The second-order valence-electron chi connectivity index (χ2n) is 6.25. The molecule has 3 rings (SSSR count). The zero-order valence-electron chi connectivity index (χ0n) is 12.3. The minimum absolute atomic E-state index is 0.214. The van der Waals surface area contributed by atoms with Crippen molar-refractivity contribution >= 4 is 0 Å². The van der Waals surface area contributed by atoms with Crippen molar-refractivity contribution in [3.8, 4) is 6.07 Å². The van der Waals surface area contributed by atoms with Gasteiger partial charge in [0.2, 0.25) is 0 Å². The van der Waals surface area contributed by atoms with E-state index in [4.69, 9.17) is 0 Å². The molecule has 3 heteroatoms. The summed E-state index contributed by atoms with van der Waals surface area (Å²) in [6.45, 7) is 3.06. The van der Waals surface area contributed by atoms with E-state index in [2.05, 4.69) is 53.2 Å². The Bertz CT molecular complexity index is 479. The highest BCUT2D eigenvalue weighted by Gasteiger charge is 2.44. The van der Waals surface area contributed by atoms with Crippen molar-refractivity contribution in [1.29, 1.82) is 5.26 Å². The number of likely N-dealkylation sites (tertiary alicyclic amines) is 1. The van der Waals surface area contributed by atoms with E-state index in [1.165, 1.54) is 18.4 Å². The van der Waals surface area contributed by atoms with Crippen LogP contribution in [0.15, 0.2) is 30.3 Å². The Morgan fingerprint density at radius 2 is 1.90 bits per heavy atom. The summed E-state index contributed by atoms with van der Waals surface area (Å²) in [5.41, 5.74) is 1.15. The van der Waals surface area contributed by atoms with Gasteiger partial charge in [0.15, 0.2) is 0 Å². The molecule has 1 aliphatic carbocycles. The van der Waals surface area contributed by atoms with Crippen molar-refractivity contribution in [2.24, 2.45) is 0 Å². The van der Waals surface area contributed by atoms with Crippen molar-refractivity contribution in [3.05, 3.63) is 35.9 Å². The largest absolute Gasteiger partial charge is 0.299 e. The summed E-state index contributed by atoms with van der Waals surface area (Å²) in [5.74, 6) is 0. The Hall–Kier alpha value is -1.37. The summed E-state index contributed by atoms with van der Waals surface area (Å²) in [6.07, 6.45) is 4.49. The van der Waals surface area contributed by atoms with Crippen LogP contribution in [-0.4, -0.2) is 41.5 Å². The number of rotatable bonds is 4. The Morgan fingerprint density at radius 1 is 1.25 bits per heavy atom. The Labute approximate surface area is 121 Å². The highest BCUT2D eigenvalue weighted by Crippen LogP contribution is 2.36. The van der Waals surface area contributed by atoms with Gasteiger partial charge in [-0.25, -0.2) is 0 Å². The highest BCUT2D eigenvalue weighted by atomic mass is 15.3. The molecule has 1 aliphatic heterocycles. The Balaban J connectivity index is 1.59. The standard InChI is InChI=1S/C17H23N3/c1-19(16-7-8-16)17(14-18)9-11-20(12-10-17)13-15-5-3-2-4-6-15/h2-6,16H,7-13H2,1H3. The van der Waals surface area contributed by atoms with Crippen molar-refractivity contribution in [2.45, 2.75) is 43.8 Å². The first kappa shape index (κ1) is 13.6. The van der Waals surface area contributed by atoms with Gasteiger partial charge in [0.05, 0.1) is 6.07 Å². The molecule has 0 bridgehead atoms. The number of benzene rings is 1. The number of piperidine rings is 1. The van der Waals surface area contributed by atoms with E-state index < -0.39 is 0 Å². The zero-order valence-corrected chi connectivity index (χ0v) is 12.3. The fourth-order valence-electron chi connectivity index (χ4n) is 3.28. The molecular formula is C17H23N3. The first-order valence-corrected chi connectivity index (χ1v) is 7.64. The van der Waals surface area contributed by atoms with E-state index in [0.29, 0.717) is 6.04 Å². The van der Waals surface area contributed by atoms with Crippen LogP contribution < -0.4 is 0 Å². The predicted molar refractivity (Wildman–Crippen MR) is 80.1 cm³/mol. The van der Waals surface area contributed by atoms with E-state index in [9.17, 15) is 5.26 Å². The predicted octanol–water partition coefficient (Wildman–Crippen LogP) is 2.64. The molecule has 1 aromatic rings. The number of hydrogen-bond donors (Lipinski definition) is 0. The van der Waals surface area contributed by atoms with E-state index in [1.54, 1.807) is 0 Å². The fraction of sp³-hybridized carbons (Fsp3) is 0.588. The van der Waals surface area contributed by atoms with Crippen molar-refractivity contribution in [3.63, 3.8) is 0 Å². The fourth-order valence-corrected chi connectivity index (χ4v) is 3.28. The highest BCUT2D eigenvalue weighted by molar-refractivity contribution is 5.16. The van der Waals surface area contributed by atoms with Crippen LogP contribution in [0.3, 0.4) is 0 Å². The number of nitriles is 1. The second kappa shape index (κ2) is 5.55. The van der Waals surface area contributed by atoms with E-state index in [0.717, 1.165) is 32.5 Å². The van der Waals surface area contributed by atoms with Gasteiger partial charge in [0, 0.05) is 25.7 Å². The smallest absolute Gasteiger partial charge is 0.111 e. The topological polar surface area (TPSA) is 30.3 Å². The van der Waals surface area contributed by atoms with Crippen LogP contribution in [0.5, 0.6) is 0 Å². The molecule has 0 spiro atoms. The molecule has 1 aromatic carbocycles. The summed E-state index contributed by atoms with van der Waals surface area (Å²) >= 11 is 0. The maximum atomic E-state index is 9.65. The van der Waals surface area contributed by atoms with Crippen LogP contribution in [0, 0.1) is 11.3 Å². The lowest BCUT2D eigenvalue weighted by molar-refractivity contribution is 0.0715. The molecule has 3 nitrogen and oxygen atoms in total. The van der Waals surface area contributed by atoms with Gasteiger partial charge in [-0.15, -0.1) is 0 Å².